The van der Waals surface area contributed by atoms with Crippen molar-refractivity contribution in [3.63, 3.8) is 0 Å². The predicted molar refractivity (Wildman–Crippen MR) is 93.1 cm³/mol. The zero-order chi connectivity index (χ0) is 18.5. The number of hydrogen-bond donors (Lipinski definition) is 0. The van der Waals surface area contributed by atoms with E-state index in [1.54, 1.807) is 12.1 Å². The van der Waals surface area contributed by atoms with Gasteiger partial charge in [0.15, 0.2) is 0 Å². The Hall–Kier alpha value is -3.25. The molecule has 0 aliphatic carbocycles. The van der Waals surface area contributed by atoms with Crippen molar-refractivity contribution in [1.29, 1.82) is 5.26 Å². The minimum absolute atomic E-state index is 0.0945. The molecule has 0 atom stereocenters. The average molecular weight is 372 g/mol. The Morgan fingerprint density at radius 3 is 2.77 bits per heavy atom. The molecule has 1 aromatic carbocycles. The number of thiophene rings is 1. The third-order valence-electron chi connectivity index (χ3n) is 3.51. The number of amides is 1. The van der Waals surface area contributed by atoms with Gasteiger partial charge in [-0.3, -0.25) is 4.79 Å². The van der Waals surface area contributed by atoms with Crippen molar-refractivity contribution >= 4 is 22.9 Å². The summed E-state index contributed by atoms with van der Waals surface area (Å²) in [5, 5.41) is 14.7. The summed E-state index contributed by atoms with van der Waals surface area (Å²) in [5.41, 5.74) is 0.432. The highest BCUT2D eigenvalue weighted by atomic mass is 32.1. The van der Waals surface area contributed by atoms with Gasteiger partial charge >= 0.3 is 5.76 Å². The molecule has 0 radical (unpaired) electrons. The molecule has 0 saturated heterocycles. The van der Waals surface area contributed by atoms with Gasteiger partial charge in [-0.1, -0.05) is 6.07 Å². The molecule has 2 aromatic heterocycles. The van der Waals surface area contributed by atoms with Crippen LogP contribution in [0, 0.1) is 17.1 Å². The standard InChI is InChI=1S/C17H13FN4O3S/c18-12-4-6-13(7-5-12)21(9-2-8-19)15(23)11-22-17(24)25-16(20-22)14-3-1-10-26-14/h1,3-7,10H,2,9,11H2. The van der Waals surface area contributed by atoms with Gasteiger partial charge in [-0.15, -0.1) is 16.4 Å². The van der Waals surface area contributed by atoms with Crippen LogP contribution in [-0.4, -0.2) is 22.2 Å². The smallest absolute Gasteiger partial charge is 0.387 e. The number of nitrogens with zero attached hydrogens (tertiary/aromatic N) is 4. The van der Waals surface area contributed by atoms with Gasteiger partial charge in [0.2, 0.25) is 5.91 Å². The first-order valence-corrected chi connectivity index (χ1v) is 8.51. The van der Waals surface area contributed by atoms with Gasteiger partial charge in [0.1, 0.15) is 12.4 Å². The highest BCUT2D eigenvalue weighted by Gasteiger charge is 2.20. The number of anilines is 1. The molecule has 2 heterocycles. The summed E-state index contributed by atoms with van der Waals surface area (Å²) < 4.78 is 19.1. The summed E-state index contributed by atoms with van der Waals surface area (Å²) in [4.78, 5) is 26.6. The van der Waals surface area contributed by atoms with Crippen LogP contribution in [0.2, 0.25) is 0 Å². The quantitative estimate of drug-likeness (QED) is 0.663. The van der Waals surface area contributed by atoms with Crippen LogP contribution in [0.4, 0.5) is 10.1 Å². The van der Waals surface area contributed by atoms with E-state index in [0.29, 0.717) is 10.6 Å². The first-order valence-electron chi connectivity index (χ1n) is 7.63. The zero-order valence-corrected chi connectivity index (χ0v) is 14.3. The first kappa shape index (κ1) is 17.6. The van der Waals surface area contributed by atoms with Crippen molar-refractivity contribution in [1.82, 2.24) is 9.78 Å². The van der Waals surface area contributed by atoms with Gasteiger partial charge in [0.25, 0.3) is 5.89 Å². The van der Waals surface area contributed by atoms with Gasteiger partial charge < -0.3 is 9.32 Å². The number of carbonyl (C=O) groups is 1. The molecule has 7 nitrogen and oxygen atoms in total. The Kier molecular flexibility index (Phi) is 5.24. The summed E-state index contributed by atoms with van der Waals surface area (Å²) in [6, 6.07) is 10.8. The number of aromatic nitrogens is 2. The molecule has 0 fully saturated rings. The highest BCUT2D eigenvalue weighted by molar-refractivity contribution is 7.13. The number of halogens is 1. The summed E-state index contributed by atoms with van der Waals surface area (Å²) in [7, 11) is 0. The third-order valence-corrected chi connectivity index (χ3v) is 4.37. The fourth-order valence-electron chi connectivity index (χ4n) is 2.30. The fraction of sp³-hybridized carbons (Fsp3) is 0.176. The molecular formula is C17H13FN4O3S. The molecule has 1 amide bonds. The Balaban J connectivity index is 1.83. The Labute approximate surface area is 151 Å². The maximum absolute atomic E-state index is 13.1. The lowest BCUT2D eigenvalue weighted by Gasteiger charge is -2.21. The van der Waals surface area contributed by atoms with Gasteiger partial charge in [0.05, 0.1) is 17.4 Å². The zero-order valence-electron chi connectivity index (χ0n) is 13.5. The molecular weight excluding hydrogens is 359 g/mol. The molecule has 0 aliphatic rings. The van der Waals surface area contributed by atoms with Crippen molar-refractivity contribution in [2.45, 2.75) is 13.0 Å². The number of benzene rings is 1. The minimum atomic E-state index is -0.749. The van der Waals surface area contributed by atoms with E-state index < -0.39 is 17.5 Å². The first-order chi connectivity index (χ1) is 12.6. The second-order valence-corrected chi connectivity index (χ2v) is 6.19. The van der Waals surface area contributed by atoms with Gasteiger partial charge in [-0.25, -0.2) is 9.18 Å². The Bertz CT molecular complexity index is 986. The van der Waals surface area contributed by atoms with E-state index in [-0.39, 0.29) is 25.4 Å². The lowest BCUT2D eigenvalue weighted by Crippen LogP contribution is -2.36. The maximum Gasteiger partial charge on any atom is 0.437 e. The van der Waals surface area contributed by atoms with E-state index in [4.69, 9.17) is 9.68 Å². The van der Waals surface area contributed by atoms with Crippen LogP contribution in [0.5, 0.6) is 0 Å². The maximum atomic E-state index is 13.1. The summed E-state index contributed by atoms with van der Waals surface area (Å²) in [6.45, 7) is -0.234. The van der Waals surface area contributed by atoms with Gasteiger partial charge in [0, 0.05) is 12.2 Å². The molecule has 132 valence electrons. The van der Waals surface area contributed by atoms with Crippen LogP contribution in [-0.2, 0) is 11.3 Å². The Morgan fingerprint density at radius 2 is 2.12 bits per heavy atom. The fourth-order valence-corrected chi connectivity index (χ4v) is 2.94. The van der Waals surface area contributed by atoms with Crippen LogP contribution < -0.4 is 10.7 Å². The van der Waals surface area contributed by atoms with E-state index in [2.05, 4.69) is 5.10 Å². The topological polar surface area (TPSA) is 92.1 Å². The van der Waals surface area contributed by atoms with E-state index in [0.717, 1.165) is 4.68 Å². The van der Waals surface area contributed by atoms with Crippen molar-refractivity contribution in [3.05, 3.63) is 58.1 Å². The number of rotatable bonds is 6. The third kappa shape index (κ3) is 3.87. The van der Waals surface area contributed by atoms with Crippen molar-refractivity contribution in [2.24, 2.45) is 0 Å². The van der Waals surface area contributed by atoms with Gasteiger partial charge in [-0.05, 0) is 35.7 Å². The molecule has 0 spiro atoms. The second-order valence-electron chi connectivity index (χ2n) is 5.24. The number of carbonyl (C=O) groups excluding carboxylic acids is 1. The van der Waals surface area contributed by atoms with E-state index in [1.807, 2.05) is 11.4 Å². The summed E-state index contributed by atoms with van der Waals surface area (Å²) >= 11 is 1.36. The molecule has 0 bridgehead atoms. The average Bonchev–Trinajstić information content (AvgIpc) is 3.27. The monoisotopic (exact) mass is 372 g/mol. The summed E-state index contributed by atoms with van der Waals surface area (Å²) in [6.07, 6.45) is 0.0945. The molecule has 0 aliphatic heterocycles. The molecule has 0 unspecified atom stereocenters. The molecule has 3 aromatic rings. The molecule has 26 heavy (non-hydrogen) atoms. The molecule has 0 N–H and O–H groups in total. The molecule has 3 rings (SSSR count). The predicted octanol–water partition coefficient (Wildman–Crippen LogP) is 2.65. The van der Waals surface area contributed by atoms with Crippen LogP contribution in [0.1, 0.15) is 6.42 Å². The molecule has 0 saturated carbocycles. The van der Waals surface area contributed by atoms with E-state index >= 15 is 0 Å². The van der Waals surface area contributed by atoms with Crippen LogP contribution in [0.15, 0.2) is 51.0 Å². The summed E-state index contributed by atoms with van der Waals surface area (Å²) in [5.74, 6) is -1.50. The largest absolute Gasteiger partial charge is 0.437 e. The van der Waals surface area contributed by atoms with Crippen LogP contribution in [0.25, 0.3) is 10.8 Å². The van der Waals surface area contributed by atoms with E-state index in [9.17, 15) is 14.0 Å². The van der Waals surface area contributed by atoms with E-state index in [1.165, 1.54) is 40.5 Å². The number of hydrogen-bond acceptors (Lipinski definition) is 6. The second kappa shape index (κ2) is 7.76. The van der Waals surface area contributed by atoms with Crippen molar-refractivity contribution in [2.75, 3.05) is 11.4 Å². The van der Waals surface area contributed by atoms with Gasteiger partial charge in [-0.2, -0.15) is 9.94 Å². The number of nitriles is 1. The normalized spacial score (nSPS) is 10.5. The van der Waals surface area contributed by atoms with Crippen LogP contribution >= 0.6 is 11.3 Å². The van der Waals surface area contributed by atoms with Crippen molar-refractivity contribution < 1.29 is 13.6 Å². The van der Waals surface area contributed by atoms with Crippen molar-refractivity contribution in [3.8, 4) is 16.8 Å². The minimum Gasteiger partial charge on any atom is -0.387 e. The Morgan fingerprint density at radius 1 is 1.35 bits per heavy atom. The molecule has 9 heteroatoms. The SMILES string of the molecule is N#CCCN(C(=O)Cn1nc(-c2cccs2)oc1=O)c1ccc(F)cc1. The lowest BCUT2D eigenvalue weighted by molar-refractivity contribution is -0.119. The highest BCUT2D eigenvalue weighted by Crippen LogP contribution is 2.21. The van der Waals surface area contributed by atoms with Crippen LogP contribution in [0.3, 0.4) is 0 Å². The lowest BCUT2D eigenvalue weighted by atomic mass is 10.2.